The molecule has 0 aromatic heterocycles. The Kier molecular flexibility index (Phi) is 1.56. The third-order valence-corrected chi connectivity index (χ3v) is 4.86. The second kappa shape index (κ2) is 2.80. The lowest BCUT2D eigenvalue weighted by molar-refractivity contribution is 0.603. The van der Waals surface area contributed by atoms with E-state index in [2.05, 4.69) is 16.1 Å². The molecule has 0 amide bonds. The number of anilines is 1. The molecule has 2 aromatic rings. The van der Waals surface area contributed by atoms with Crippen molar-refractivity contribution in [2.45, 2.75) is 18.0 Å². The Hall–Kier alpha value is -1.59. The standard InChI is InChI=1S/C12H10N2O2S/c15-17(16)10-3-1-2-7-4-8-5-13-6-9(8)12(14-17)11(7)10/h1-4,13-14H,5-6H2. The van der Waals surface area contributed by atoms with Crippen molar-refractivity contribution >= 4 is 26.5 Å². The first-order chi connectivity index (χ1) is 8.17. The van der Waals surface area contributed by atoms with Crippen molar-refractivity contribution in [3.05, 3.63) is 35.4 Å². The van der Waals surface area contributed by atoms with E-state index in [0.717, 1.165) is 35.1 Å². The van der Waals surface area contributed by atoms with E-state index in [9.17, 15) is 8.42 Å². The molecule has 4 nitrogen and oxygen atoms in total. The van der Waals surface area contributed by atoms with Gasteiger partial charge in [0.1, 0.15) is 0 Å². The molecule has 0 fully saturated rings. The molecule has 0 atom stereocenters. The Labute approximate surface area is 98.7 Å². The van der Waals surface area contributed by atoms with Crippen LogP contribution in [0.3, 0.4) is 0 Å². The molecule has 0 aliphatic carbocycles. The predicted octanol–water partition coefficient (Wildman–Crippen LogP) is 1.56. The highest BCUT2D eigenvalue weighted by atomic mass is 32.2. The fraction of sp³-hybridized carbons (Fsp3) is 0.167. The molecule has 2 aliphatic rings. The van der Waals surface area contributed by atoms with Gasteiger partial charge in [0.05, 0.1) is 10.6 Å². The average molecular weight is 246 g/mol. The molecule has 2 aromatic carbocycles. The third kappa shape index (κ3) is 1.08. The van der Waals surface area contributed by atoms with Crippen LogP contribution in [0.5, 0.6) is 0 Å². The average Bonchev–Trinajstić information content (AvgIpc) is 2.84. The number of hydrogen-bond donors (Lipinski definition) is 2. The molecular formula is C12H10N2O2S. The van der Waals surface area contributed by atoms with Crippen LogP contribution in [0.25, 0.3) is 10.8 Å². The van der Waals surface area contributed by atoms with Crippen LogP contribution in [-0.2, 0) is 23.1 Å². The van der Waals surface area contributed by atoms with Crippen molar-refractivity contribution < 1.29 is 8.42 Å². The summed E-state index contributed by atoms with van der Waals surface area (Å²) in [6.07, 6.45) is 0. The zero-order chi connectivity index (χ0) is 11.6. The normalized spacial score (nSPS) is 19.3. The molecule has 2 heterocycles. The topological polar surface area (TPSA) is 58.2 Å². The van der Waals surface area contributed by atoms with Crippen LogP contribution in [0, 0.1) is 0 Å². The van der Waals surface area contributed by atoms with Crippen LogP contribution in [0.15, 0.2) is 29.2 Å². The number of fused-ring (bicyclic) bond motifs is 2. The van der Waals surface area contributed by atoms with Gasteiger partial charge in [0.15, 0.2) is 0 Å². The Bertz CT molecular complexity index is 766. The van der Waals surface area contributed by atoms with Crippen molar-refractivity contribution in [1.82, 2.24) is 5.32 Å². The maximum atomic E-state index is 12.0. The van der Waals surface area contributed by atoms with Gasteiger partial charge < -0.3 is 5.32 Å². The van der Waals surface area contributed by atoms with Crippen molar-refractivity contribution in [3.8, 4) is 0 Å². The highest BCUT2D eigenvalue weighted by Gasteiger charge is 2.31. The molecule has 17 heavy (non-hydrogen) atoms. The molecule has 0 bridgehead atoms. The molecule has 0 unspecified atom stereocenters. The minimum absolute atomic E-state index is 0.403. The van der Waals surface area contributed by atoms with Crippen molar-refractivity contribution in [1.29, 1.82) is 0 Å². The van der Waals surface area contributed by atoms with Gasteiger partial charge >= 0.3 is 0 Å². The fourth-order valence-corrected chi connectivity index (χ4v) is 4.08. The molecule has 2 N–H and O–H groups in total. The minimum Gasteiger partial charge on any atom is -0.309 e. The molecule has 0 spiro atoms. The summed E-state index contributed by atoms with van der Waals surface area (Å²) in [7, 11) is -3.36. The monoisotopic (exact) mass is 246 g/mol. The van der Waals surface area contributed by atoms with Crippen LogP contribution in [-0.4, -0.2) is 8.42 Å². The molecule has 4 rings (SSSR count). The number of benzene rings is 2. The Balaban J connectivity index is 2.26. The second-order valence-electron chi connectivity index (χ2n) is 4.45. The van der Waals surface area contributed by atoms with E-state index in [0.29, 0.717) is 4.90 Å². The number of rotatable bonds is 0. The van der Waals surface area contributed by atoms with Crippen LogP contribution in [0.1, 0.15) is 11.1 Å². The Morgan fingerprint density at radius 3 is 2.94 bits per heavy atom. The summed E-state index contributed by atoms with van der Waals surface area (Å²) in [6.45, 7) is 1.54. The lowest BCUT2D eigenvalue weighted by atomic mass is 10.0. The summed E-state index contributed by atoms with van der Waals surface area (Å²) in [5.74, 6) is 0. The van der Waals surface area contributed by atoms with E-state index >= 15 is 0 Å². The molecule has 2 aliphatic heterocycles. The second-order valence-corrected chi connectivity index (χ2v) is 6.10. The first-order valence-electron chi connectivity index (χ1n) is 5.48. The highest BCUT2D eigenvalue weighted by molar-refractivity contribution is 7.93. The van der Waals surface area contributed by atoms with Gasteiger partial charge in [0.25, 0.3) is 10.0 Å². The molecule has 0 radical (unpaired) electrons. The number of nitrogens with one attached hydrogen (secondary N) is 2. The van der Waals surface area contributed by atoms with E-state index in [1.54, 1.807) is 12.1 Å². The summed E-state index contributed by atoms with van der Waals surface area (Å²) in [5, 5.41) is 5.09. The van der Waals surface area contributed by atoms with Crippen LogP contribution in [0.2, 0.25) is 0 Å². The van der Waals surface area contributed by atoms with Crippen LogP contribution >= 0.6 is 0 Å². The zero-order valence-corrected chi connectivity index (χ0v) is 9.76. The number of hydrogen-bond acceptors (Lipinski definition) is 3. The summed E-state index contributed by atoms with van der Waals surface area (Å²) in [6, 6.07) is 7.50. The third-order valence-electron chi connectivity index (χ3n) is 3.47. The largest absolute Gasteiger partial charge is 0.309 e. The summed E-state index contributed by atoms with van der Waals surface area (Å²) >= 11 is 0. The fourth-order valence-electron chi connectivity index (χ4n) is 2.73. The van der Waals surface area contributed by atoms with Crippen LogP contribution < -0.4 is 10.0 Å². The van der Waals surface area contributed by atoms with Gasteiger partial charge in [-0.1, -0.05) is 12.1 Å². The predicted molar refractivity (Wildman–Crippen MR) is 65.3 cm³/mol. The lowest BCUT2D eigenvalue weighted by Crippen LogP contribution is -2.07. The van der Waals surface area contributed by atoms with Crippen molar-refractivity contribution in [3.63, 3.8) is 0 Å². The summed E-state index contributed by atoms with van der Waals surface area (Å²) < 4.78 is 26.7. The summed E-state index contributed by atoms with van der Waals surface area (Å²) in [4.78, 5) is 0.403. The maximum absolute atomic E-state index is 12.0. The Morgan fingerprint density at radius 2 is 2.06 bits per heavy atom. The van der Waals surface area contributed by atoms with Gasteiger partial charge in [-0.05, 0) is 28.6 Å². The molecule has 0 saturated heterocycles. The first-order valence-corrected chi connectivity index (χ1v) is 6.96. The molecule has 5 heteroatoms. The highest BCUT2D eigenvalue weighted by Crippen LogP contribution is 2.42. The van der Waals surface area contributed by atoms with Gasteiger partial charge in [-0.15, -0.1) is 0 Å². The Morgan fingerprint density at radius 1 is 1.18 bits per heavy atom. The van der Waals surface area contributed by atoms with Gasteiger partial charge in [0, 0.05) is 18.5 Å². The smallest absolute Gasteiger partial charge is 0.262 e. The van der Waals surface area contributed by atoms with E-state index in [1.807, 2.05) is 6.07 Å². The lowest BCUT2D eigenvalue weighted by Gasteiger charge is -2.06. The van der Waals surface area contributed by atoms with E-state index in [-0.39, 0.29) is 0 Å². The SMILES string of the molecule is O=S1(=O)Nc2c3c(cc4cccc1c24)CNC3. The summed E-state index contributed by atoms with van der Waals surface area (Å²) in [5.41, 5.74) is 3.05. The molecular weight excluding hydrogens is 236 g/mol. The van der Waals surface area contributed by atoms with Gasteiger partial charge in [-0.2, -0.15) is 0 Å². The minimum atomic E-state index is -3.36. The quantitative estimate of drug-likeness (QED) is 0.741. The van der Waals surface area contributed by atoms with Gasteiger partial charge in [-0.3, -0.25) is 4.72 Å². The van der Waals surface area contributed by atoms with E-state index < -0.39 is 10.0 Å². The van der Waals surface area contributed by atoms with E-state index in [4.69, 9.17) is 0 Å². The maximum Gasteiger partial charge on any atom is 0.262 e. The first kappa shape index (κ1) is 9.44. The van der Waals surface area contributed by atoms with Crippen molar-refractivity contribution in [2.24, 2.45) is 0 Å². The number of sulfonamides is 1. The van der Waals surface area contributed by atoms with Gasteiger partial charge in [-0.25, -0.2) is 8.42 Å². The van der Waals surface area contributed by atoms with Gasteiger partial charge in [0.2, 0.25) is 0 Å². The van der Waals surface area contributed by atoms with E-state index in [1.165, 1.54) is 5.56 Å². The molecule has 0 saturated carbocycles. The van der Waals surface area contributed by atoms with Crippen LogP contribution in [0.4, 0.5) is 5.69 Å². The molecule has 86 valence electrons. The van der Waals surface area contributed by atoms with Crippen molar-refractivity contribution in [2.75, 3.05) is 4.72 Å². The zero-order valence-electron chi connectivity index (χ0n) is 8.95.